The molecule has 6 nitrogen and oxygen atoms in total. The van der Waals surface area contributed by atoms with Crippen LogP contribution in [0.4, 0.5) is 5.69 Å². The lowest BCUT2D eigenvalue weighted by molar-refractivity contribution is 0.596. The minimum Gasteiger partial charge on any atom is -0.292 e. The van der Waals surface area contributed by atoms with Crippen molar-refractivity contribution in [3.05, 3.63) is 46.1 Å². The molecule has 0 radical (unpaired) electrons. The van der Waals surface area contributed by atoms with E-state index in [9.17, 15) is 8.42 Å². The van der Waals surface area contributed by atoms with Crippen molar-refractivity contribution in [2.75, 3.05) is 4.72 Å². The Bertz CT molecular complexity index is 1040. The van der Waals surface area contributed by atoms with Gasteiger partial charge in [-0.3, -0.25) is 14.1 Å². The van der Waals surface area contributed by atoms with Crippen LogP contribution in [0.1, 0.15) is 11.1 Å². The summed E-state index contributed by atoms with van der Waals surface area (Å²) in [5.41, 5.74) is 2.68. The summed E-state index contributed by atoms with van der Waals surface area (Å²) in [4.78, 5) is 8.81. The second-order valence-electron chi connectivity index (χ2n) is 5.08. The van der Waals surface area contributed by atoms with Crippen molar-refractivity contribution in [2.45, 2.75) is 18.0 Å². The zero-order valence-corrected chi connectivity index (χ0v) is 14.1. The molecule has 0 saturated carbocycles. The van der Waals surface area contributed by atoms with Crippen molar-refractivity contribution in [3.8, 4) is 0 Å². The first kappa shape index (κ1) is 14.7. The molecule has 118 valence electrons. The summed E-state index contributed by atoms with van der Waals surface area (Å²) in [5.74, 6) is 0. The van der Waals surface area contributed by atoms with Crippen LogP contribution in [0.15, 0.2) is 39.8 Å². The van der Waals surface area contributed by atoms with E-state index in [-0.39, 0.29) is 10.2 Å². The van der Waals surface area contributed by atoms with Crippen LogP contribution in [0.2, 0.25) is 5.15 Å². The summed E-state index contributed by atoms with van der Waals surface area (Å²) in [6.45, 7) is 0.631. The molecular formula is C14H11ClN4O2S2. The molecule has 1 N–H and O–H groups in total. The van der Waals surface area contributed by atoms with E-state index in [1.807, 2.05) is 18.3 Å². The Morgan fingerprint density at radius 3 is 3.04 bits per heavy atom. The van der Waals surface area contributed by atoms with Crippen molar-refractivity contribution in [3.63, 3.8) is 0 Å². The van der Waals surface area contributed by atoms with Gasteiger partial charge < -0.3 is 0 Å². The fraction of sp³-hybridized carbons (Fsp3) is 0.143. The summed E-state index contributed by atoms with van der Waals surface area (Å²) in [5, 5.41) is 1.68. The molecule has 1 aromatic carbocycles. The summed E-state index contributed by atoms with van der Waals surface area (Å²) < 4.78 is 29.4. The van der Waals surface area contributed by atoms with Crippen molar-refractivity contribution in [1.29, 1.82) is 0 Å². The van der Waals surface area contributed by atoms with E-state index in [2.05, 4.69) is 14.7 Å². The predicted molar refractivity (Wildman–Crippen MR) is 91.2 cm³/mol. The maximum Gasteiger partial charge on any atom is 0.281 e. The quantitative estimate of drug-likeness (QED) is 0.774. The standard InChI is InChI=1S/C14H11ClN4O2S2/c15-12-13(19-5-6-22-14(19)17-12)23(20,21)18-11-2-1-10-8-16-4-3-9(10)7-11/h1-2,4-7,18H,3,8H2. The Morgan fingerprint density at radius 2 is 2.17 bits per heavy atom. The number of nitrogens with zero attached hydrogens (tertiary/aromatic N) is 3. The van der Waals surface area contributed by atoms with Crippen molar-refractivity contribution < 1.29 is 8.42 Å². The number of halogens is 1. The highest BCUT2D eigenvalue weighted by Gasteiger charge is 2.25. The number of nitrogens with one attached hydrogen (secondary N) is 1. The van der Waals surface area contributed by atoms with Gasteiger partial charge in [0.2, 0.25) is 0 Å². The zero-order valence-electron chi connectivity index (χ0n) is 11.7. The van der Waals surface area contributed by atoms with E-state index in [4.69, 9.17) is 11.6 Å². The molecule has 0 spiro atoms. The van der Waals surface area contributed by atoms with E-state index in [1.165, 1.54) is 15.7 Å². The fourth-order valence-electron chi connectivity index (χ4n) is 2.54. The van der Waals surface area contributed by atoms with E-state index < -0.39 is 10.0 Å². The molecule has 0 amide bonds. The monoisotopic (exact) mass is 366 g/mol. The zero-order chi connectivity index (χ0) is 16.0. The Kier molecular flexibility index (Phi) is 3.40. The van der Waals surface area contributed by atoms with Gasteiger partial charge in [0.25, 0.3) is 10.0 Å². The number of thiazole rings is 1. The second-order valence-corrected chi connectivity index (χ2v) is 7.91. The first-order valence-electron chi connectivity index (χ1n) is 6.78. The van der Waals surface area contributed by atoms with Gasteiger partial charge in [-0.05, 0) is 23.3 Å². The molecule has 0 saturated heterocycles. The molecule has 4 rings (SSSR count). The topological polar surface area (TPSA) is 75.8 Å². The third-order valence-corrected chi connectivity index (χ3v) is 6.13. The van der Waals surface area contributed by atoms with Crippen LogP contribution in [0, 0.1) is 0 Å². The smallest absolute Gasteiger partial charge is 0.281 e. The molecule has 2 aromatic heterocycles. The minimum atomic E-state index is -3.83. The van der Waals surface area contributed by atoms with Crippen LogP contribution < -0.4 is 4.72 Å². The molecule has 0 bridgehead atoms. The summed E-state index contributed by atoms with van der Waals surface area (Å²) in [6, 6.07) is 5.46. The Balaban J connectivity index is 1.73. The Hall–Kier alpha value is -1.90. The molecule has 23 heavy (non-hydrogen) atoms. The summed E-state index contributed by atoms with van der Waals surface area (Å²) >= 11 is 7.34. The van der Waals surface area contributed by atoms with Gasteiger partial charge in [-0.2, -0.15) is 8.42 Å². The van der Waals surface area contributed by atoms with Gasteiger partial charge in [0.05, 0.1) is 6.54 Å². The Labute approximate surface area is 141 Å². The molecule has 3 aromatic rings. The molecule has 0 unspecified atom stereocenters. The number of hydrogen-bond donors (Lipinski definition) is 1. The van der Waals surface area contributed by atoms with Gasteiger partial charge in [0.1, 0.15) is 0 Å². The van der Waals surface area contributed by atoms with Crippen LogP contribution in [-0.4, -0.2) is 24.0 Å². The SMILES string of the molecule is O=S(=O)(Nc1ccc2c(c1)CC=NC2)c1c(Cl)nc2sccn12. The first-order chi connectivity index (χ1) is 11.0. The molecule has 3 heterocycles. The predicted octanol–water partition coefficient (Wildman–Crippen LogP) is 2.98. The average Bonchev–Trinajstić information content (AvgIpc) is 3.06. The number of benzene rings is 1. The molecule has 0 atom stereocenters. The minimum absolute atomic E-state index is 0.0329. The number of fused-ring (bicyclic) bond motifs is 2. The first-order valence-corrected chi connectivity index (χ1v) is 9.52. The van der Waals surface area contributed by atoms with Gasteiger partial charge in [-0.15, -0.1) is 11.3 Å². The number of anilines is 1. The summed E-state index contributed by atoms with van der Waals surface area (Å²) in [7, 11) is -3.83. The number of hydrogen-bond acceptors (Lipinski definition) is 5. The third-order valence-electron chi connectivity index (χ3n) is 3.59. The van der Waals surface area contributed by atoms with Gasteiger partial charge >= 0.3 is 0 Å². The highest BCUT2D eigenvalue weighted by molar-refractivity contribution is 7.92. The maximum absolute atomic E-state index is 12.7. The number of sulfonamides is 1. The van der Waals surface area contributed by atoms with Gasteiger partial charge in [0.15, 0.2) is 15.1 Å². The lowest BCUT2D eigenvalue weighted by Crippen LogP contribution is -2.16. The van der Waals surface area contributed by atoms with Crippen molar-refractivity contribution >= 4 is 49.8 Å². The third kappa shape index (κ3) is 2.52. The van der Waals surface area contributed by atoms with E-state index in [1.54, 1.807) is 17.6 Å². The van der Waals surface area contributed by atoms with Crippen LogP contribution in [-0.2, 0) is 23.0 Å². The van der Waals surface area contributed by atoms with E-state index in [0.29, 0.717) is 23.6 Å². The lowest BCUT2D eigenvalue weighted by Gasteiger charge is -2.13. The number of imidazole rings is 1. The average molecular weight is 367 g/mol. The largest absolute Gasteiger partial charge is 0.292 e. The van der Waals surface area contributed by atoms with Gasteiger partial charge in [0, 0.05) is 29.9 Å². The van der Waals surface area contributed by atoms with Gasteiger partial charge in [-0.1, -0.05) is 17.7 Å². The molecule has 1 aliphatic heterocycles. The highest BCUT2D eigenvalue weighted by Crippen LogP contribution is 2.28. The molecule has 0 fully saturated rings. The van der Waals surface area contributed by atoms with E-state index >= 15 is 0 Å². The van der Waals surface area contributed by atoms with E-state index in [0.717, 1.165) is 11.1 Å². The Morgan fingerprint density at radius 1 is 1.30 bits per heavy atom. The molecule has 1 aliphatic rings. The normalized spacial score (nSPS) is 14.1. The number of aliphatic imine (C=N–C) groups is 1. The number of rotatable bonds is 3. The molecular weight excluding hydrogens is 356 g/mol. The molecule has 9 heteroatoms. The van der Waals surface area contributed by atoms with Crippen LogP contribution in [0.3, 0.4) is 0 Å². The van der Waals surface area contributed by atoms with Crippen LogP contribution in [0.25, 0.3) is 4.96 Å². The maximum atomic E-state index is 12.7. The van der Waals surface area contributed by atoms with Crippen LogP contribution in [0.5, 0.6) is 0 Å². The van der Waals surface area contributed by atoms with Crippen molar-refractivity contribution in [1.82, 2.24) is 9.38 Å². The van der Waals surface area contributed by atoms with Crippen molar-refractivity contribution in [2.24, 2.45) is 4.99 Å². The molecule has 0 aliphatic carbocycles. The van der Waals surface area contributed by atoms with Crippen LogP contribution >= 0.6 is 22.9 Å². The fourth-order valence-corrected chi connectivity index (χ4v) is 5.05. The second kappa shape index (κ2) is 5.33. The van der Waals surface area contributed by atoms with Gasteiger partial charge in [-0.25, -0.2) is 4.98 Å². The number of aromatic nitrogens is 2. The lowest BCUT2D eigenvalue weighted by atomic mass is 10.0. The summed E-state index contributed by atoms with van der Waals surface area (Å²) in [6.07, 6.45) is 4.17. The highest BCUT2D eigenvalue weighted by atomic mass is 35.5.